The van der Waals surface area contributed by atoms with Gasteiger partial charge in [0.15, 0.2) is 0 Å². The van der Waals surface area contributed by atoms with Crippen LogP contribution in [0.15, 0.2) is 0 Å². The van der Waals surface area contributed by atoms with Crippen LogP contribution in [0.5, 0.6) is 0 Å². The number of hydrogen-bond donors (Lipinski definition) is 3. The molecule has 0 radical (unpaired) electrons. The second kappa shape index (κ2) is 22.4. The van der Waals surface area contributed by atoms with E-state index in [4.69, 9.17) is 11.5 Å². The molecule has 0 saturated carbocycles. The molecule has 5 N–H and O–H groups in total. The summed E-state index contributed by atoms with van der Waals surface area (Å²) in [5, 5.41) is 3.03. The molecule has 0 aliphatic carbocycles. The van der Waals surface area contributed by atoms with Gasteiger partial charge in [-0.3, -0.25) is 0 Å². The van der Waals surface area contributed by atoms with Gasteiger partial charge in [0.25, 0.3) is 0 Å². The summed E-state index contributed by atoms with van der Waals surface area (Å²) >= 11 is 0. The first-order valence-corrected chi connectivity index (χ1v) is 2.52. The van der Waals surface area contributed by atoms with Gasteiger partial charge in [0.1, 0.15) is 0 Å². The zero-order valence-electron chi connectivity index (χ0n) is 5.95. The fraction of sp³-hybridized carbons (Fsp3) is 1.00. The maximum Gasteiger partial charge on any atom is 2.00 e. The molecule has 0 unspecified atom stereocenters. The Morgan fingerprint density at radius 3 is 1.40 bits per heavy atom. The van der Waals surface area contributed by atoms with Crippen molar-refractivity contribution in [1.82, 2.24) is 5.32 Å². The summed E-state index contributed by atoms with van der Waals surface area (Å²) in [5.74, 6) is 0. The predicted molar refractivity (Wildman–Crippen MR) is 31.0 cm³/mol. The van der Waals surface area contributed by atoms with Crippen LogP contribution in [0.25, 0.3) is 0 Å². The molecule has 0 aromatic rings. The molecule has 0 heterocycles. The van der Waals surface area contributed by atoms with Crippen LogP contribution < -0.4 is 50.7 Å². The standard InChI is InChI=1S/C4H13N3.2BrH.Zn/c5-1-3-7-4-2-6;;;/h7H,1-6H2;2*1H;/q;;;+2/p-2. The van der Waals surface area contributed by atoms with Gasteiger partial charge in [-0.15, -0.1) is 0 Å². The largest absolute Gasteiger partial charge is 2.00 e. The normalized spacial score (nSPS) is 6.60. The molecule has 60 valence electrons. The maximum absolute atomic E-state index is 5.17. The zero-order valence-corrected chi connectivity index (χ0v) is 12.1. The average Bonchev–Trinajstić information content (AvgIpc) is 1.69. The Bertz CT molecular complexity index is 37.7. The molecule has 0 amide bonds. The van der Waals surface area contributed by atoms with E-state index in [1.807, 2.05) is 0 Å². The van der Waals surface area contributed by atoms with Crippen molar-refractivity contribution in [3.63, 3.8) is 0 Å². The van der Waals surface area contributed by atoms with Crippen molar-refractivity contribution in [2.75, 3.05) is 26.2 Å². The topological polar surface area (TPSA) is 64.1 Å². The Kier molecular flexibility index (Phi) is 50.5. The molecule has 0 rings (SSSR count). The summed E-state index contributed by atoms with van der Waals surface area (Å²) in [5.41, 5.74) is 10.3. The fourth-order valence-corrected chi connectivity index (χ4v) is 0.329. The molecule has 0 atom stereocenters. The van der Waals surface area contributed by atoms with Gasteiger partial charge >= 0.3 is 19.5 Å². The average molecular weight is 328 g/mol. The van der Waals surface area contributed by atoms with Crippen LogP contribution in [-0.2, 0) is 19.5 Å². The van der Waals surface area contributed by atoms with Gasteiger partial charge in [-0.2, -0.15) is 0 Å². The van der Waals surface area contributed by atoms with Crippen molar-refractivity contribution in [3.8, 4) is 0 Å². The molecule has 10 heavy (non-hydrogen) atoms. The van der Waals surface area contributed by atoms with Gasteiger partial charge in [0.2, 0.25) is 0 Å². The molecule has 0 aliphatic heterocycles. The molecular formula is C4H13Br2N3Zn. The van der Waals surface area contributed by atoms with Crippen molar-refractivity contribution in [1.29, 1.82) is 0 Å². The van der Waals surface area contributed by atoms with Crippen LogP contribution in [0.1, 0.15) is 0 Å². The van der Waals surface area contributed by atoms with Crippen molar-refractivity contribution in [3.05, 3.63) is 0 Å². The maximum atomic E-state index is 5.17. The van der Waals surface area contributed by atoms with Gasteiger partial charge in [-0.05, 0) is 0 Å². The molecule has 3 nitrogen and oxygen atoms in total. The van der Waals surface area contributed by atoms with Crippen molar-refractivity contribution in [2.24, 2.45) is 11.5 Å². The first kappa shape index (κ1) is 22.5. The third-order valence-electron chi connectivity index (χ3n) is 0.642. The number of rotatable bonds is 4. The van der Waals surface area contributed by atoms with E-state index in [-0.39, 0.29) is 53.4 Å². The Hall–Kier alpha value is 1.46. The van der Waals surface area contributed by atoms with Crippen LogP contribution in [0.2, 0.25) is 0 Å². The first-order chi connectivity index (χ1) is 3.41. The van der Waals surface area contributed by atoms with E-state index in [1.54, 1.807) is 0 Å². The summed E-state index contributed by atoms with van der Waals surface area (Å²) < 4.78 is 0. The Morgan fingerprint density at radius 1 is 0.900 bits per heavy atom. The van der Waals surface area contributed by atoms with Crippen LogP contribution in [-0.4, -0.2) is 26.2 Å². The van der Waals surface area contributed by atoms with E-state index in [0.29, 0.717) is 13.1 Å². The van der Waals surface area contributed by atoms with E-state index in [2.05, 4.69) is 5.32 Å². The van der Waals surface area contributed by atoms with E-state index in [1.165, 1.54) is 0 Å². The van der Waals surface area contributed by atoms with Gasteiger partial charge in [-0.25, -0.2) is 0 Å². The van der Waals surface area contributed by atoms with Crippen LogP contribution in [0, 0.1) is 0 Å². The summed E-state index contributed by atoms with van der Waals surface area (Å²) in [6, 6.07) is 0. The minimum Gasteiger partial charge on any atom is -1.00 e. The molecule has 0 aromatic carbocycles. The quantitative estimate of drug-likeness (QED) is 0.355. The Labute approximate surface area is 96.0 Å². The Morgan fingerprint density at radius 2 is 1.20 bits per heavy atom. The second-order valence-electron chi connectivity index (χ2n) is 1.33. The summed E-state index contributed by atoms with van der Waals surface area (Å²) in [4.78, 5) is 0. The number of nitrogens with one attached hydrogen (secondary N) is 1. The smallest absolute Gasteiger partial charge is 1.00 e. The third kappa shape index (κ3) is 22.7. The van der Waals surface area contributed by atoms with Gasteiger partial charge < -0.3 is 50.7 Å². The molecule has 0 aliphatic rings. The molecule has 0 fully saturated rings. The van der Waals surface area contributed by atoms with E-state index < -0.39 is 0 Å². The fourth-order valence-electron chi connectivity index (χ4n) is 0.329. The molecule has 0 spiro atoms. The van der Waals surface area contributed by atoms with E-state index in [0.717, 1.165) is 13.1 Å². The third-order valence-corrected chi connectivity index (χ3v) is 0.642. The minimum atomic E-state index is 0. The van der Waals surface area contributed by atoms with Crippen molar-refractivity contribution < 1.29 is 53.4 Å². The summed E-state index contributed by atoms with van der Waals surface area (Å²) in [7, 11) is 0. The van der Waals surface area contributed by atoms with Gasteiger partial charge in [-0.1, -0.05) is 0 Å². The molecule has 6 heteroatoms. The predicted octanol–water partition coefficient (Wildman–Crippen LogP) is -7.50. The monoisotopic (exact) mass is 325 g/mol. The molecule has 0 aromatic heterocycles. The van der Waals surface area contributed by atoms with Gasteiger partial charge in [0, 0.05) is 26.2 Å². The minimum absolute atomic E-state index is 0. The number of nitrogens with two attached hydrogens (primary N) is 2. The SMILES string of the molecule is NCCNCCN.[Br-].[Br-].[Zn+2]. The summed E-state index contributed by atoms with van der Waals surface area (Å²) in [6.07, 6.45) is 0. The van der Waals surface area contributed by atoms with Gasteiger partial charge in [0.05, 0.1) is 0 Å². The molecule has 0 saturated heterocycles. The second-order valence-corrected chi connectivity index (χ2v) is 1.33. The van der Waals surface area contributed by atoms with E-state index in [9.17, 15) is 0 Å². The molecule has 0 bridgehead atoms. The number of halogens is 2. The van der Waals surface area contributed by atoms with Crippen molar-refractivity contribution in [2.45, 2.75) is 0 Å². The Balaban J connectivity index is -0.0000000600. The first-order valence-electron chi connectivity index (χ1n) is 2.52. The van der Waals surface area contributed by atoms with Crippen LogP contribution in [0.3, 0.4) is 0 Å². The molecular weight excluding hydrogens is 315 g/mol. The zero-order chi connectivity index (χ0) is 5.54. The van der Waals surface area contributed by atoms with Crippen molar-refractivity contribution >= 4 is 0 Å². The number of hydrogen-bond acceptors (Lipinski definition) is 3. The van der Waals surface area contributed by atoms with Crippen LogP contribution >= 0.6 is 0 Å². The van der Waals surface area contributed by atoms with E-state index >= 15 is 0 Å². The van der Waals surface area contributed by atoms with Crippen LogP contribution in [0.4, 0.5) is 0 Å². The summed E-state index contributed by atoms with van der Waals surface area (Å²) in [6.45, 7) is 3.13.